The van der Waals surface area contributed by atoms with E-state index in [2.05, 4.69) is 15.5 Å². The molecule has 1 aliphatic carbocycles. The highest BCUT2D eigenvalue weighted by Crippen LogP contribution is 2.27. The first-order valence-corrected chi connectivity index (χ1v) is 14.0. The van der Waals surface area contributed by atoms with Crippen LogP contribution < -0.4 is 11.2 Å². The van der Waals surface area contributed by atoms with E-state index in [9.17, 15) is 13.2 Å². The number of thioether (sulfide) groups is 1. The summed E-state index contributed by atoms with van der Waals surface area (Å²) in [4.78, 5) is 12.6. The van der Waals surface area contributed by atoms with Gasteiger partial charge in [-0.05, 0) is 36.6 Å². The summed E-state index contributed by atoms with van der Waals surface area (Å²) < 4.78 is 28.0. The van der Waals surface area contributed by atoms with Gasteiger partial charge >= 0.3 is 0 Å². The van der Waals surface area contributed by atoms with Gasteiger partial charge in [-0.1, -0.05) is 57.7 Å². The van der Waals surface area contributed by atoms with E-state index in [-0.39, 0.29) is 16.6 Å². The molecule has 182 valence electrons. The van der Waals surface area contributed by atoms with Gasteiger partial charge < -0.3 is 11.2 Å². The summed E-state index contributed by atoms with van der Waals surface area (Å²) >= 11 is 1.22. The lowest BCUT2D eigenvalue weighted by Gasteiger charge is -2.20. The van der Waals surface area contributed by atoms with Crippen LogP contribution in [0.1, 0.15) is 58.2 Å². The molecule has 11 heteroatoms. The number of aromatic nitrogens is 3. The third kappa shape index (κ3) is 6.70. The van der Waals surface area contributed by atoms with Gasteiger partial charge in [-0.3, -0.25) is 4.79 Å². The smallest absolute Gasteiger partial charge is 0.243 e. The Kier molecular flexibility index (Phi) is 9.16. The molecular formula is C22H34N6O3S2. The van der Waals surface area contributed by atoms with Gasteiger partial charge in [0, 0.05) is 25.2 Å². The maximum Gasteiger partial charge on any atom is 0.243 e. The van der Waals surface area contributed by atoms with Crippen molar-refractivity contribution in [2.75, 3.05) is 30.0 Å². The van der Waals surface area contributed by atoms with Crippen LogP contribution in [0.3, 0.4) is 0 Å². The van der Waals surface area contributed by atoms with Crippen LogP contribution in [0.5, 0.6) is 0 Å². The molecule has 0 spiro atoms. The first kappa shape index (κ1) is 25.5. The molecule has 1 fully saturated rings. The van der Waals surface area contributed by atoms with Crippen LogP contribution >= 0.6 is 11.8 Å². The second-order valence-corrected chi connectivity index (χ2v) is 11.1. The minimum absolute atomic E-state index is 0.122. The van der Waals surface area contributed by atoms with Crippen molar-refractivity contribution in [3.8, 4) is 0 Å². The lowest BCUT2D eigenvalue weighted by Crippen LogP contribution is -2.30. The summed E-state index contributed by atoms with van der Waals surface area (Å²) in [5, 5.41) is 11.6. The van der Waals surface area contributed by atoms with Crippen molar-refractivity contribution in [1.82, 2.24) is 19.2 Å². The molecular weight excluding hydrogens is 460 g/mol. The summed E-state index contributed by atoms with van der Waals surface area (Å²) in [5.41, 5.74) is 0.529. The van der Waals surface area contributed by atoms with Crippen LogP contribution in [0.2, 0.25) is 0 Å². The number of carbonyl (C=O) groups excluding carboxylic acids is 1. The van der Waals surface area contributed by atoms with Crippen molar-refractivity contribution < 1.29 is 13.2 Å². The van der Waals surface area contributed by atoms with Crippen molar-refractivity contribution in [3.05, 3.63) is 30.1 Å². The SMILES string of the molecule is CCN(CC)S(=O)(=O)c1ccc(NC(=O)CSc2nnc(CCC3CCCCC3)n2N)cc1. The second kappa shape index (κ2) is 11.8. The van der Waals surface area contributed by atoms with E-state index in [1.165, 1.54) is 65.0 Å². The number of carbonyl (C=O) groups is 1. The van der Waals surface area contributed by atoms with Crippen LogP contribution in [0.25, 0.3) is 0 Å². The number of nitrogens with zero attached hydrogens (tertiary/aromatic N) is 4. The summed E-state index contributed by atoms with van der Waals surface area (Å²) in [6, 6.07) is 6.19. The Balaban J connectivity index is 1.50. The third-order valence-electron chi connectivity index (χ3n) is 6.05. The van der Waals surface area contributed by atoms with E-state index in [4.69, 9.17) is 5.84 Å². The highest BCUT2D eigenvalue weighted by molar-refractivity contribution is 7.99. The van der Waals surface area contributed by atoms with E-state index < -0.39 is 10.0 Å². The van der Waals surface area contributed by atoms with E-state index in [0.717, 1.165) is 24.6 Å². The fraction of sp³-hybridized carbons (Fsp3) is 0.591. The molecule has 9 nitrogen and oxygen atoms in total. The topological polar surface area (TPSA) is 123 Å². The largest absolute Gasteiger partial charge is 0.336 e. The molecule has 0 aliphatic heterocycles. The monoisotopic (exact) mass is 494 g/mol. The Morgan fingerprint density at radius 3 is 2.45 bits per heavy atom. The van der Waals surface area contributed by atoms with E-state index in [0.29, 0.717) is 23.9 Å². The molecule has 0 bridgehead atoms. The van der Waals surface area contributed by atoms with Gasteiger partial charge in [-0.2, -0.15) is 4.31 Å². The number of nitrogens with one attached hydrogen (secondary N) is 1. The molecule has 0 atom stereocenters. The van der Waals surface area contributed by atoms with Gasteiger partial charge in [0.2, 0.25) is 21.1 Å². The lowest BCUT2D eigenvalue weighted by molar-refractivity contribution is -0.113. The molecule has 1 saturated carbocycles. The molecule has 1 aromatic heterocycles. The number of anilines is 1. The first-order valence-electron chi connectivity index (χ1n) is 11.6. The number of hydrogen-bond acceptors (Lipinski definition) is 7. The van der Waals surface area contributed by atoms with Crippen LogP contribution in [0.4, 0.5) is 5.69 Å². The van der Waals surface area contributed by atoms with Crippen molar-refractivity contribution in [2.45, 2.75) is 68.8 Å². The van der Waals surface area contributed by atoms with E-state index in [1.807, 2.05) is 0 Å². The molecule has 0 saturated heterocycles. The number of rotatable bonds is 11. The minimum Gasteiger partial charge on any atom is -0.336 e. The van der Waals surface area contributed by atoms with Crippen molar-refractivity contribution >= 4 is 33.4 Å². The van der Waals surface area contributed by atoms with Gasteiger partial charge in [0.15, 0.2) is 5.82 Å². The van der Waals surface area contributed by atoms with Crippen LogP contribution in [-0.2, 0) is 21.2 Å². The van der Waals surface area contributed by atoms with Crippen LogP contribution in [0.15, 0.2) is 34.3 Å². The Bertz CT molecular complexity index is 1010. The van der Waals surface area contributed by atoms with Crippen LogP contribution in [-0.4, -0.2) is 52.3 Å². The van der Waals surface area contributed by atoms with E-state index >= 15 is 0 Å². The molecule has 1 aliphatic rings. The first-order chi connectivity index (χ1) is 15.8. The molecule has 33 heavy (non-hydrogen) atoms. The van der Waals surface area contributed by atoms with Gasteiger partial charge in [0.25, 0.3) is 0 Å². The minimum atomic E-state index is -3.52. The molecule has 1 heterocycles. The average molecular weight is 495 g/mol. The predicted octanol–water partition coefficient (Wildman–Crippen LogP) is 3.27. The number of nitrogen functional groups attached to an aromatic ring is 1. The fourth-order valence-corrected chi connectivity index (χ4v) is 6.27. The highest BCUT2D eigenvalue weighted by Gasteiger charge is 2.21. The molecule has 1 aromatic carbocycles. The summed E-state index contributed by atoms with van der Waals surface area (Å²) in [5.74, 6) is 7.52. The van der Waals surface area contributed by atoms with Gasteiger partial charge in [0.1, 0.15) is 0 Å². The van der Waals surface area contributed by atoms with Gasteiger partial charge in [-0.25, -0.2) is 13.1 Å². The third-order valence-corrected chi connectivity index (χ3v) is 9.06. The maximum absolute atomic E-state index is 12.6. The van der Waals surface area contributed by atoms with Crippen molar-refractivity contribution in [2.24, 2.45) is 5.92 Å². The Hall–Kier alpha value is -2.11. The number of hydrogen-bond donors (Lipinski definition) is 2. The summed E-state index contributed by atoms with van der Waals surface area (Å²) in [7, 11) is -3.52. The Morgan fingerprint density at radius 2 is 1.82 bits per heavy atom. The second-order valence-electron chi connectivity index (χ2n) is 8.26. The molecule has 0 radical (unpaired) electrons. The quantitative estimate of drug-likeness (QED) is 0.363. The van der Waals surface area contributed by atoms with E-state index in [1.54, 1.807) is 26.0 Å². The number of benzene rings is 1. The standard InChI is InChI=1S/C22H34N6O3S2/c1-3-27(4-2)33(30,31)19-13-11-18(12-14-19)24-21(29)16-32-22-26-25-20(28(22)23)15-10-17-8-6-5-7-9-17/h11-14,17H,3-10,15-16,23H2,1-2H3,(H,24,29). The highest BCUT2D eigenvalue weighted by atomic mass is 32.2. The number of aryl methyl sites for hydroxylation is 1. The predicted molar refractivity (Wildman–Crippen MR) is 131 cm³/mol. The lowest BCUT2D eigenvalue weighted by atomic mass is 9.86. The zero-order valence-corrected chi connectivity index (χ0v) is 21.0. The Morgan fingerprint density at radius 1 is 1.15 bits per heavy atom. The van der Waals surface area contributed by atoms with Crippen molar-refractivity contribution in [3.63, 3.8) is 0 Å². The number of amides is 1. The molecule has 0 unspecified atom stereocenters. The molecule has 3 N–H and O–H groups in total. The van der Waals surface area contributed by atoms with Crippen LogP contribution in [0, 0.1) is 5.92 Å². The Labute approximate surface area is 200 Å². The average Bonchev–Trinajstić information content (AvgIpc) is 3.17. The zero-order valence-electron chi connectivity index (χ0n) is 19.4. The maximum atomic E-state index is 12.6. The number of nitrogens with two attached hydrogens (primary N) is 1. The normalized spacial score (nSPS) is 15.1. The summed E-state index contributed by atoms with van der Waals surface area (Å²) in [6.45, 7) is 4.41. The zero-order chi connectivity index (χ0) is 23.8. The molecule has 3 rings (SSSR count). The fourth-order valence-electron chi connectivity index (χ4n) is 4.14. The molecule has 2 aromatic rings. The number of sulfonamides is 1. The molecule has 1 amide bonds. The van der Waals surface area contributed by atoms with Crippen molar-refractivity contribution in [1.29, 1.82) is 0 Å². The van der Waals surface area contributed by atoms with Gasteiger partial charge in [0.05, 0.1) is 10.6 Å². The van der Waals surface area contributed by atoms with Gasteiger partial charge in [-0.15, -0.1) is 10.2 Å². The summed E-state index contributed by atoms with van der Waals surface area (Å²) in [6.07, 6.45) is 8.39.